The third kappa shape index (κ3) is 3.76. The summed E-state index contributed by atoms with van der Waals surface area (Å²) in [5, 5.41) is 19.8. The van der Waals surface area contributed by atoms with Crippen LogP contribution in [0.1, 0.15) is 36.0 Å². The summed E-state index contributed by atoms with van der Waals surface area (Å²) < 4.78 is 1.52. The molecule has 1 amide bonds. The number of aromatic nitrogens is 4. The zero-order valence-electron chi connectivity index (χ0n) is 13.2. The molecule has 1 atom stereocenters. The molecule has 1 saturated heterocycles. The van der Waals surface area contributed by atoms with E-state index in [9.17, 15) is 9.59 Å². The van der Waals surface area contributed by atoms with E-state index in [1.165, 1.54) is 11.0 Å². The Labute approximate surface area is 139 Å². The number of likely N-dealkylation sites (tertiary alicyclic amines) is 1. The van der Waals surface area contributed by atoms with E-state index in [4.69, 9.17) is 5.11 Å². The third-order valence-corrected chi connectivity index (χ3v) is 4.30. The van der Waals surface area contributed by atoms with Crippen LogP contribution in [0.15, 0.2) is 30.6 Å². The largest absolute Gasteiger partial charge is 0.481 e. The van der Waals surface area contributed by atoms with E-state index in [1.807, 2.05) is 4.90 Å². The van der Waals surface area contributed by atoms with Crippen molar-refractivity contribution in [1.82, 2.24) is 25.1 Å². The molecular formula is C16H19N5O3. The van der Waals surface area contributed by atoms with Gasteiger partial charge in [0.05, 0.1) is 5.69 Å². The molecule has 1 aliphatic rings. The number of aliphatic carboxylic acids is 1. The maximum absolute atomic E-state index is 12.6. The lowest BCUT2D eigenvalue weighted by Gasteiger charge is -2.32. The molecule has 24 heavy (non-hydrogen) atoms. The summed E-state index contributed by atoms with van der Waals surface area (Å²) >= 11 is 0. The van der Waals surface area contributed by atoms with E-state index in [-0.39, 0.29) is 18.2 Å². The lowest BCUT2D eigenvalue weighted by atomic mass is 9.93. The normalized spacial score (nSPS) is 17.7. The summed E-state index contributed by atoms with van der Waals surface area (Å²) in [7, 11) is 0. The highest BCUT2D eigenvalue weighted by atomic mass is 16.4. The Morgan fingerprint density at radius 3 is 2.71 bits per heavy atom. The van der Waals surface area contributed by atoms with Gasteiger partial charge in [0.2, 0.25) is 0 Å². The molecule has 2 heterocycles. The minimum Gasteiger partial charge on any atom is -0.481 e. The molecule has 8 nitrogen and oxygen atoms in total. The molecule has 0 aliphatic carbocycles. The predicted octanol–water partition coefficient (Wildman–Crippen LogP) is 1.38. The van der Waals surface area contributed by atoms with Crippen molar-refractivity contribution in [1.29, 1.82) is 0 Å². The van der Waals surface area contributed by atoms with Gasteiger partial charge in [-0.15, -0.1) is 5.10 Å². The number of piperidine rings is 1. The van der Waals surface area contributed by atoms with Crippen LogP contribution in [0.3, 0.4) is 0 Å². The van der Waals surface area contributed by atoms with Gasteiger partial charge in [-0.05, 0) is 59.9 Å². The SMILES string of the molecule is O=C(O)CCC1CCCN(C(=O)c2ccc(-n3cnnn3)cc2)C1. The summed E-state index contributed by atoms with van der Waals surface area (Å²) in [5.74, 6) is -0.533. The smallest absolute Gasteiger partial charge is 0.303 e. The minimum atomic E-state index is -0.781. The van der Waals surface area contributed by atoms with Gasteiger partial charge >= 0.3 is 5.97 Å². The van der Waals surface area contributed by atoms with Crippen molar-refractivity contribution in [3.05, 3.63) is 36.2 Å². The van der Waals surface area contributed by atoms with Crippen molar-refractivity contribution in [2.24, 2.45) is 5.92 Å². The van der Waals surface area contributed by atoms with Gasteiger partial charge in [0.15, 0.2) is 0 Å². The van der Waals surface area contributed by atoms with E-state index in [0.29, 0.717) is 18.5 Å². The average Bonchev–Trinajstić information content (AvgIpc) is 3.14. The van der Waals surface area contributed by atoms with Crippen LogP contribution in [0.25, 0.3) is 5.69 Å². The van der Waals surface area contributed by atoms with Crippen LogP contribution in [-0.2, 0) is 4.79 Å². The van der Waals surface area contributed by atoms with Crippen molar-refractivity contribution < 1.29 is 14.7 Å². The van der Waals surface area contributed by atoms with Crippen LogP contribution in [0.2, 0.25) is 0 Å². The molecule has 0 spiro atoms. The van der Waals surface area contributed by atoms with Crippen molar-refractivity contribution in [3.63, 3.8) is 0 Å². The quantitative estimate of drug-likeness (QED) is 0.889. The number of carboxylic acids is 1. The predicted molar refractivity (Wildman–Crippen MR) is 84.7 cm³/mol. The molecular weight excluding hydrogens is 310 g/mol. The molecule has 0 radical (unpaired) electrons. The van der Waals surface area contributed by atoms with Gasteiger partial charge in [-0.2, -0.15) is 0 Å². The number of benzene rings is 1. The van der Waals surface area contributed by atoms with E-state index >= 15 is 0 Å². The Balaban J connectivity index is 1.64. The zero-order valence-corrected chi connectivity index (χ0v) is 13.2. The van der Waals surface area contributed by atoms with Crippen molar-refractivity contribution in [2.45, 2.75) is 25.7 Å². The van der Waals surface area contributed by atoms with E-state index in [0.717, 1.165) is 25.1 Å². The second-order valence-corrected chi connectivity index (χ2v) is 5.99. The lowest BCUT2D eigenvalue weighted by Crippen LogP contribution is -2.40. The fourth-order valence-corrected chi connectivity index (χ4v) is 3.03. The molecule has 2 aromatic rings. The van der Waals surface area contributed by atoms with Crippen LogP contribution in [0.4, 0.5) is 0 Å². The summed E-state index contributed by atoms with van der Waals surface area (Å²) in [6.07, 6.45) is 4.17. The monoisotopic (exact) mass is 329 g/mol. The Hall–Kier alpha value is -2.77. The number of rotatable bonds is 5. The molecule has 1 aromatic heterocycles. The number of hydrogen-bond acceptors (Lipinski definition) is 5. The number of tetrazole rings is 1. The fourth-order valence-electron chi connectivity index (χ4n) is 3.03. The number of nitrogens with zero attached hydrogens (tertiary/aromatic N) is 5. The maximum atomic E-state index is 12.6. The number of hydrogen-bond donors (Lipinski definition) is 1. The Kier molecular flexibility index (Phi) is 4.83. The second kappa shape index (κ2) is 7.20. The van der Waals surface area contributed by atoms with Gasteiger partial charge in [0.1, 0.15) is 6.33 Å². The minimum absolute atomic E-state index is 0.0155. The number of carbonyl (C=O) groups excluding carboxylic acids is 1. The van der Waals surface area contributed by atoms with Gasteiger partial charge in [-0.25, -0.2) is 4.68 Å². The Morgan fingerprint density at radius 1 is 1.25 bits per heavy atom. The second-order valence-electron chi connectivity index (χ2n) is 5.99. The molecule has 1 fully saturated rings. The molecule has 3 rings (SSSR count). The molecule has 0 bridgehead atoms. The third-order valence-electron chi connectivity index (χ3n) is 4.30. The van der Waals surface area contributed by atoms with E-state index < -0.39 is 5.97 Å². The summed E-state index contributed by atoms with van der Waals surface area (Å²) in [6.45, 7) is 1.35. The van der Waals surface area contributed by atoms with Gasteiger partial charge in [0.25, 0.3) is 5.91 Å². The summed E-state index contributed by atoms with van der Waals surface area (Å²) in [5.41, 5.74) is 1.40. The highest BCUT2D eigenvalue weighted by Crippen LogP contribution is 2.22. The van der Waals surface area contributed by atoms with Gasteiger partial charge in [0, 0.05) is 25.1 Å². The first-order valence-corrected chi connectivity index (χ1v) is 7.98. The molecule has 0 saturated carbocycles. The van der Waals surface area contributed by atoms with Crippen molar-refractivity contribution >= 4 is 11.9 Å². The highest BCUT2D eigenvalue weighted by molar-refractivity contribution is 5.94. The number of carboxylic acid groups (broad SMARTS) is 1. The van der Waals surface area contributed by atoms with E-state index in [1.54, 1.807) is 24.3 Å². The number of carbonyl (C=O) groups is 2. The molecule has 126 valence electrons. The van der Waals surface area contributed by atoms with Gasteiger partial charge < -0.3 is 10.0 Å². The molecule has 1 N–H and O–H groups in total. The number of amides is 1. The van der Waals surface area contributed by atoms with Gasteiger partial charge in [-0.3, -0.25) is 9.59 Å². The Bertz CT molecular complexity index is 699. The standard InChI is InChI=1S/C16H19N5O3/c22-15(23)8-3-12-2-1-9-20(10-12)16(24)13-4-6-14(7-5-13)21-11-17-18-19-21/h4-7,11-12H,1-3,8-10H2,(H,22,23). The van der Waals surface area contributed by atoms with Crippen molar-refractivity contribution in [3.8, 4) is 5.69 Å². The lowest BCUT2D eigenvalue weighted by molar-refractivity contribution is -0.137. The zero-order chi connectivity index (χ0) is 16.9. The first-order valence-electron chi connectivity index (χ1n) is 7.98. The summed E-state index contributed by atoms with van der Waals surface area (Å²) in [6, 6.07) is 7.13. The molecule has 1 aromatic carbocycles. The van der Waals surface area contributed by atoms with Gasteiger partial charge in [-0.1, -0.05) is 0 Å². The maximum Gasteiger partial charge on any atom is 0.303 e. The fraction of sp³-hybridized carbons (Fsp3) is 0.438. The van der Waals surface area contributed by atoms with Crippen LogP contribution in [0.5, 0.6) is 0 Å². The Morgan fingerprint density at radius 2 is 2.04 bits per heavy atom. The van der Waals surface area contributed by atoms with Crippen LogP contribution in [0, 0.1) is 5.92 Å². The molecule has 1 aliphatic heterocycles. The van der Waals surface area contributed by atoms with E-state index in [2.05, 4.69) is 15.5 Å². The first-order chi connectivity index (χ1) is 11.6. The topological polar surface area (TPSA) is 101 Å². The first kappa shape index (κ1) is 16.1. The molecule has 8 heteroatoms. The van der Waals surface area contributed by atoms with Crippen LogP contribution < -0.4 is 0 Å². The summed E-state index contributed by atoms with van der Waals surface area (Å²) in [4.78, 5) is 25.2. The highest BCUT2D eigenvalue weighted by Gasteiger charge is 2.24. The van der Waals surface area contributed by atoms with Crippen molar-refractivity contribution in [2.75, 3.05) is 13.1 Å². The van der Waals surface area contributed by atoms with Crippen LogP contribution in [-0.4, -0.2) is 55.2 Å². The van der Waals surface area contributed by atoms with Crippen LogP contribution >= 0.6 is 0 Å². The average molecular weight is 329 g/mol. The molecule has 1 unspecified atom stereocenters.